The van der Waals surface area contributed by atoms with Crippen molar-refractivity contribution in [3.05, 3.63) is 78.7 Å². The monoisotopic (exact) mass is 683 g/mol. The van der Waals surface area contributed by atoms with Gasteiger partial charge in [-0.1, -0.05) is 25.1 Å². The summed E-state index contributed by atoms with van der Waals surface area (Å²) < 4.78 is 34.4. The van der Waals surface area contributed by atoms with Gasteiger partial charge in [-0.3, -0.25) is 14.9 Å². The van der Waals surface area contributed by atoms with E-state index in [1.165, 1.54) is 12.1 Å². The van der Waals surface area contributed by atoms with E-state index in [0.717, 1.165) is 24.6 Å². The van der Waals surface area contributed by atoms with Gasteiger partial charge in [-0.2, -0.15) is 0 Å². The SMILES string of the molecule is CCN(CCNS(=O)(=O)Cc1ccc(I)c([N+](=O)[O-])c1)/C(C=N)=C(\OCC1(C)CC1)C(=O)Nc1cccc(C)c1. The number of carbonyl (C=O) groups is 1. The molecule has 1 amide bonds. The molecule has 0 bridgehead atoms. The Labute approximate surface area is 248 Å². The number of nitro groups is 1. The molecule has 0 unspecified atom stereocenters. The number of nitrogens with one attached hydrogen (secondary N) is 3. The van der Waals surface area contributed by atoms with Crippen LogP contribution in [-0.2, 0) is 25.3 Å². The van der Waals surface area contributed by atoms with Crippen molar-refractivity contribution in [1.29, 1.82) is 5.41 Å². The lowest BCUT2D eigenvalue weighted by molar-refractivity contribution is -0.385. The molecule has 0 aromatic heterocycles. The standard InChI is InChI=1S/C27H34IN5O6S/c1-4-32(13-12-30-40(37,38)17-20-8-9-22(28)23(15-20)33(35)36)24(16-29)25(39-18-27(3)10-11-27)26(34)31-21-7-5-6-19(2)14-21/h5-9,14-16,29-30H,4,10-13,17-18H2,1-3H3,(H,31,34)/b25-24-,29-16?. The van der Waals surface area contributed by atoms with Gasteiger partial charge in [-0.25, -0.2) is 13.1 Å². The minimum atomic E-state index is -3.81. The summed E-state index contributed by atoms with van der Waals surface area (Å²) in [5.74, 6) is -0.913. The van der Waals surface area contributed by atoms with Crippen LogP contribution in [0.4, 0.5) is 11.4 Å². The second kappa shape index (κ2) is 13.5. The fourth-order valence-corrected chi connectivity index (χ4v) is 5.57. The third kappa shape index (κ3) is 8.99. The molecular formula is C27H34IN5O6S. The van der Waals surface area contributed by atoms with Gasteiger partial charge in [0.2, 0.25) is 15.8 Å². The maximum absolute atomic E-state index is 13.3. The van der Waals surface area contributed by atoms with Crippen LogP contribution < -0.4 is 10.0 Å². The lowest BCUT2D eigenvalue weighted by atomic mass is 10.2. The van der Waals surface area contributed by atoms with E-state index in [9.17, 15) is 23.3 Å². The molecule has 1 aliphatic carbocycles. The number of halogens is 1. The van der Waals surface area contributed by atoms with Crippen molar-refractivity contribution in [2.24, 2.45) is 5.41 Å². The van der Waals surface area contributed by atoms with Gasteiger partial charge in [0.1, 0.15) is 5.70 Å². The van der Waals surface area contributed by atoms with Gasteiger partial charge in [0.15, 0.2) is 0 Å². The summed E-state index contributed by atoms with van der Waals surface area (Å²) in [6.45, 7) is 6.69. The molecule has 2 aromatic carbocycles. The van der Waals surface area contributed by atoms with Crippen molar-refractivity contribution in [2.45, 2.75) is 39.4 Å². The van der Waals surface area contributed by atoms with E-state index in [2.05, 4.69) is 17.0 Å². The highest BCUT2D eigenvalue weighted by Gasteiger charge is 2.39. The first kappa shape index (κ1) is 31.5. The van der Waals surface area contributed by atoms with Crippen molar-refractivity contribution in [3.8, 4) is 0 Å². The third-order valence-corrected chi connectivity index (χ3v) is 8.78. The summed E-state index contributed by atoms with van der Waals surface area (Å²) in [7, 11) is -3.81. The van der Waals surface area contributed by atoms with Crippen molar-refractivity contribution in [2.75, 3.05) is 31.6 Å². The minimum Gasteiger partial charge on any atom is -0.486 e. The highest BCUT2D eigenvalue weighted by molar-refractivity contribution is 14.1. The Kier molecular flexibility index (Phi) is 10.7. The van der Waals surface area contributed by atoms with Gasteiger partial charge in [0, 0.05) is 43.0 Å². The van der Waals surface area contributed by atoms with Gasteiger partial charge < -0.3 is 20.4 Å². The van der Waals surface area contributed by atoms with E-state index in [1.54, 1.807) is 17.0 Å². The summed E-state index contributed by atoms with van der Waals surface area (Å²) in [5.41, 5.74) is 1.94. The molecule has 3 rings (SSSR count). The van der Waals surface area contributed by atoms with Gasteiger partial charge in [0.25, 0.3) is 11.6 Å². The molecule has 3 N–H and O–H groups in total. The predicted molar refractivity (Wildman–Crippen MR) is 163 cm³/mol. The number of likely N-dealkylation sites (N-methyl/N-ethyl adjacent to an activating group) is 1. The molecule has 1 aliphatic rings. The zero-order valence-corrected chi connectivity index (χ0v) is 25.7. The topological polar surface area (TPSA) is 155 Å². The summed E-state index contributed by atoms with van der Waals surface area (Å²) in [5, 5.41) is 22.1. The van der Waals surface area contributed by atoms with Gasteiger partial charge in [0.05, 0.1) is 20.9 Å². The number of nitrogens with zero attached hydrogens (tertiary/aromatic N) is 2. The first-order chi connectivity index (χ1) is 18.9. The Morgan fingerprint density at radius 3 is 2.60 bits per heavy atom. The number of hydrogen-bond donors (Lipinski definition) is 3. The number of ether oxygens (including phenoxy) is 1. The van der Waals surface area contributed by atoms with Crippen molar-refractivity contribution in [3.63, 3.8) is 0 Å². The van der Waals surface area contributed by atoms with Crippen LogP contribution in [0.15, 0.2) is 53.9 Å². The summed E-state index contributed by atoms with van der Waals surface area (Å²) in [6, 6.07) is 11.6. The molecule has 1 saturated carbocycles. The van der Waals surface area contributed by atoms with Crippen LogP contribution in [0.3, 0.4) is 0 Å². The molecule has 0 saturated heterocycles. The molecule has 0 atom stereocenters. The number of hydrogen-bond acceptors (Lipinski definition) is 8. The third-order valence-electron chi connectivity index (χ3n) is 6.51. The molecule has 0 aliphatic heterocycles. The first-order valence-corrected chi connectivity index (χ1v) is 15.5. The predicted octanol–water partition coefficient (Wildman–Crippen LogP) is 4.57. The highest BCUT2D eigenvalue weighted by Crippen LogP contribution is 2.45. The van der Waals surface area contributed by atoms with Crippen LogP contribution in [0.1, 0.15) is 37.8 Å². The smallest absolute Gasteiger partial charge is 0.293 e. The van der Waals surface area contributed by atoms with E-state index in [1.807, 2.05) is 54.6 Å². The van der Waals surface area contributed by atoms with Gasteiger partial charge in [-0.05, 0) is 78.6 Å². The van der Waals surface area contributed by atoms with Crippen LogP contribution in [-0.4, -0.2) is 56.6 Å². The number of sulfonamides is 1. The van der Waals surface area contributed by atoms with E-state index < -0.39 is 26.6 Å². The first-order valence-electron chi connectivity index (χ1n) is 12.8. The molecular weight excluding hydrogens is 649 g/mol. The molecule has 0 radical (unpaired) electrons. The van der Waals surface area contributed by atoms with E-state index in [-0.39, 0.29) is 35.6 Å². The molecule has 40 heavy (non-hydrogen) atoms. The Bertz CT molecular complexity index is 1410. The minimum absolute atomic E-state index is 0.000497. The maximum Gasteiger partial charge on any atom is 0.293 e. The number of nitro benzene ring substituents is 1. The molecule has 2 aromatic rings. The number of amides is 1. The van der Waals surface area contributed by atoms with Crippen molar-refractivity contribution in [1.82, 2.24) is 9.62 Å². The Morgan fingerprint density at radius 2 is 2.00 bits per heavy atom. The molecule has 0 spiro atoms. The van der Waals surface area contributed by atoms with Gasteiger partial charge >= 0.3 is 0 Å². The van der Waals surface area contributed by atoms with Gasteiger partial charge in [-0.15, -0.1) is 0 Å². The average molecular weight is 684 g/mol. The molecule has 13 heteroatoms. The Morgan fingerprint density at radius 1 is 1.27 bits per heavy atom. The average Bonchev–Trinajstić information content (AvgIpc) is 3.62. The maximum atomic E-state index is 13.3. The van der Waals surface area contributed by atoms with Crippen LogP contribution >= 0.6 is 22.6 Å². The molecule has 11 nitrogen and oxygen atoms in total. The number of anilines is 1. The highest BCUT2D eigenvalue weighted by atomic mass is 127. The second-order valence-corrected chi connectivity index (χ2v) is 13.0. The zero-order chi connectivity index (χ0) is 29.5. The summed E-state index contributed by atoms with van der Waals surface area (Å²) >= 11 is 1.83. The lowest BCUT2D eigenvalue weighted by Gasteiger charge is -2.26. The fourth-order valence-electron chi connectivity index (χ4n) is 3.91. The number of rotatable bonds is 15. The van der Waals surface area contributed by atoms with Crippen LogP contribution in [0, 0.1) is 31.4 Å². The van der Waals surface area contributed by atoms with E-state index >= 15 is 0 Å². The lowest BCUT2D eigenvalue weighted by Crippen LogP contribution is -2.37. The Hall–Kier alpha value is -3.04. The zero-order valence-electron chi connectivity index (χ0n) is 22.7. The number of carbonyl (C=O) groups excluding carboxylic acids is 1. The number of aryl methyl sites for hydroxylation is 1. The van der Waals surface area contributed by atoms with Crippen LogP contribution in [0.25, 0.3) is 0 Å². The summed E-state index contributed by atoms with van der Waals surface area (Å²) in [6.07, 6.45) is 3.02. The number of allylic oxidation sites excluding steroid dienone is 1. The normalized spacial score (nSPS) is 14.6. The molecule has 216 valence electrons. The molecule has 1 fully saturated rings. The second-order valence-electron chi connectivity index (χ2n) is 10.1. The van der Waals surface area contributed by atoms with Crippen molar-refractivity contribution >= 4 is 56.1 Å². The number of benzene rings is 2. The quantitative estimate of drug-likeness (QED) is 0.0621. The summed E-state index contributed by atoms with van der Waals surface area (Å²) in [4.78, 5) is 25.7. The molecule has 0 heterocycles. The van der Waals surface area contributed by atoms with E-state index in [0.29, 0.717) is 28.0 Å². The van der Waals surface area contributed by atoms with Crippen LogP contribution in [0.5, 0.6) is 0 Å². The Balaban J connectivity index is 1.75. The van der Waals surface area contributed by atoms with E-state index in [4.69, 9.17) is 10.1 Å². The van der Waals surface area contributed by atoms with Crippen molar-refractivity contribution < 1.29 is 22.9 Å². The largest absolute Gasteiger partial charge is 0.486 e. The fraction of sp³-hybridized carbons (Fsp3) is 0.407. The van der Waals surface area contributed by atoms with Crippen LogP contribution in [0.2, 0.25) is 0 Å².